The molecular formula is C23H30Cl2N2O3S2. The third-order valence-electron chi connectivity index (χ3n) is 4.40. The minimum atomic E-state index is -3.59. The van der Waals surface area contributed by atoms with Crippen molar-refractivity contribution in [3.8, 4) is 0 Å². The lowest BCUT2D eigenvalue weighted by atomic mass is 10.2. The number of carbonyl (C=O) groups is 1. The number of sulfonamides is 1. The zero-order valence-corrected chi connectivity index (χ0v) is 21.9. The first-order chi connectivity index (χ1) is 15.0. The Bertz CT molecular complexity index is 1000. The van der Waals surface area contributed by atoms with Gasteiger partial charge in [0.1, 0.15) is 0 Å². The predicted octanol–water partition coefficient (Wildman–Crippen LogP) is 6.17. The Balaban J connectivity index is 1.95. The van der Waals surface area contributed by atoms with Crippen molar-refractivity contribution < 1.29 is 13.2 Å². The van der Waals surface area contributed by atoms with Gasteiger partial charge in [0.05, 0.1) is 20.7 Å². The van der Waals surface area contributed by atoms with Crippen LogP contribution in [0.15, 0.2) is 47.4 Å². The summed E-state index contributed by atoms with van der Waals surface area (Å²) in [5, 5.41) is 3.80. The molecule has 0 spiro atoms. The topological polar surface area (TPSA) is 66.5 Å². The molecule has 1 N–H and O–H groups in total. The summed E-state index contributed by atoms with van der Waals surface area (Å²) in [7, 11) is -3.59. The standard InChI is InChI=1S/C23H30Cl2N2O3S2/c1-16(2)12-27(13-17(3)4)32(29,30)20-8-6-19(7-9-20)26-23(28)15-31-14-18-5-10-21(24)22(25)11-18/h5-11,16-17H,12-15H2,1-4H3,(H,26,28). The third-order valence-corrected chi connectivity index (χ3v) is 7.99. The smallest absolute Gasteiger partial charge is 0.243 e. The minimum Gasteiger partial charge on any atom is -0.325 e. The lowest BCUT2D eigenvalue weighted by Crippen LogP contribution is -2.37. The highest BCUT2D eigenvalue weighted by Gasteiger charge is 2.25. The number of halogens is 2. The van der Waals surface area contributed by atoms with Crippen LogP contribution in [-0.2, 0) is 20.6 Å². The van der Waals surface area contributed by atoms with Gasteiger partial charge in [-0.2, -0.15) is 4.31 Å². The van der Waals surface area contributed by atoms with Crippen molar-refractivity contribution in [1.29, 1.82) is 0 Å². The van der Waals surface area contributed by atoms with Gasteiger partial charge in [-0.3, -0.25) is 4.79 Å². The maximum Gasteiger partial charge on any atom is 0.243 e. The molecule has 9 heteroatoms. The van der Waals surface area contributed by atoms with E-state index in [1.165, 1.54) is 16.1 Å². The maximum atomic E-state index is 13.1. The van der Waals surface area contributed by atoms with Gasteiger partial charge < -0.3 is 5.32 Å². The van der Waals surface area contributed by atoms with Crippen molar-refractivity contribution in [2.24, 2.45) is 11.8 Å². The fourth-order valence-electron chi connectivity index (χ4n) is 3.03. The van der Waals surface area contributed by atoms with Gasteiger partial charge in [-0.1, -0.05) is 57.0 Å². The number of hydrogen-bond acceptors (Lipinski definition) is 4. The van der Waals surface area contributed by atoms with Crippen LogP contribution in [0.25, 0.3) is 0 Å². The minimum absolute atomic E-state index is 0.160. The molecule has 176 valence electrons. The van der Waals surface area contributed by atoms with Gasteiger partial charge in [0.25, 0.3) is 0 Å². The number of nitrogens with zero attached hydrogens (tertiary/aromatic N) is 1. The number of hydrogen-bond donors (Lipinski definition) is 1. The third kappa shape index (κ3) is 8.27. The molecule has 0 bridgehead atoms. The van der Waals surface area contributed by atoms with Crippen LogP contribution in [0.2, 0.25) is 10.0 Å². The zero-order chi connectivity index (χ0) is 23.9. The fraction of sp³-hybridized carbons (Fsp3) is 0.435. The summed E-state index contributed by atoms with van der Waals surface area (Å²) in [5.74, 6) is 1.18. The van der Waals surface area contributed by atoms with Crippen molar-refractivity contribution in [3.05, 3.63) is 58.1 Å². The van der Waals surface area contributed by atoms with E-state index in [0.717, 1.165) is 5.56 Å². The normalized spacial score (nSPS) is 12.0. The van der Waals surface area contributed by atoms with Crippen molar-refractivity contribution in [2.75, 3.05) is 24.2 Å². The molecule has 0 aromatic heterocycles. The van der Waals surface area contributed by atoms with Crippen molar-refractivity contribution >= 4 is 56.6 Å². The predicted molar refractivity (Wildman–Crippen MR) is 136 cm³/mol. The second-order valence-electron chi connectivity index (χ2n) is 8.42. The van der Waals surface area contributed by atoms with E-state index in [1.54, 1.807) is 36.4 Å². The molecule has 2 rings (SSSR count). The summed E-state index contributed by atoms with van der Waals surface area (Å²) in [6, 6.07) is 11.7. The molecule has 1 amide bonds. The van der Waals surface area contributed by atoms with Gasteiger partial charge in [-0.05, 0) is 53.8 Å². The van der Waals surface area contributed by atoms with Crippen LogP contribution in [0, 0.1) is 11.8 Å². The second-order valence-corrected chi connectivity index (χ2v) is 12.2. The Morgan fingerprint density at radius 1 is 0.969 bits per heavy atom. The van der Waals surface area contributed by atoms with Crippen molar-refractivity contribution in [2.45, 2.75) is 38.3 Å². The van der Waals surface area contributed by atoms with Gasteiger partial charge in [0.15, 0.2) is 0 Å². The largest absolute Gasteiger partial charge is 0.325 e. The second kappa shape index (κ2) is 12.3. The van der Waals surface area contributed by atoms with Crippen LogP contribution >= 0.6 is 35.0 Å². The zero-order valence-electron chi connectivity index (χ0n) is 18.8. The number of carbonyl (C=O) groups excluding carboxylic acids is 1. The lowest BCUT2D eigenvalue weighted by molar-refractivity contribution is -0.113. The molecular weight excluding hydrogens is 487 g/mol. The van der Waals surface area contributed by atoms with E-state index < -0.39 is 10.0 Å². The molecule has 0 aliphatic heterocycles. The van der Waals surface area contributed by atoms with Crippen LogP contribution in [0.1, 0.15) is 33.3 Å². The summed E-state index contributed by atoms with van der Waals surface area (Å²) < 4.78 is 27.7. The van der Waals surface area contributed by atoms with Gasteiger partial charge in [-0.25, -0.2) is 8.42 Å². The first-order valence-corrected chi connectivity index (χ1v) is 13.8. The molecule has 0 aliphatic carbocycles. The van der Waals surface area contributed by atoms with E-state index >= 15 is 0 Å². The molecule has 5 nitrogen and oxygen atoms in total. The van der Waals surface area contributed by atoms with E-state index in [9.17, 15) is 13.2 Å². The number of thioether (sulfide) groups is 1. The highest BCUT2D eigenvalue weighted by Crippen LogP contribution is 2.25. The SMILES string of the molecule is CC(C)CN(CC(C)C)S(=O)(=O)c1ccc(NC(=O)CSCc2ccc(Cl)c(Cl)c2)cc1. The Labute approximate surface area is 205 Å². The van der Waals surface area contributed by atoms with Crippen molar-refractivity contribution in [1.82, 2.24) is 4.31 Å². The molecule has 2 aromatic carbocycles. The Hall–Kier alpha value is -1.25. The number of amides is 1. The Morgan fingerprint density at radius 2 is 1.56 bits per heavy atom. The number of anilines is 1. The lowest BCUT2D eigenvalue weighted by Gasteiger charge is -2.25. The van der Waals surface area contributed by atoms with Crippen LogP contribution < -0.4 is 5.32 Å². The molecule has 0 radical (unpaired) electrons. The molecule has 0 saturated heterocycles. The summed E-state index contributed by atoms with van der Waals surface area (Å²) in [5.41, 5.74) is 1.54. The van der Waals surface area contributed by atoms with Crippen LogP contribution in [0.4, 0.5) is 5.69 Å². The molecule has 0 unspecified atom stereocenters. The first-order valence-electron chi connectivity index (χ1n) is 10.4. The van der Waals surface area contributed by atoms with E-state index in [4.69, 9.17) is 23.2 Å². The highest BCUT2D eigenvalue weighted by atomic mass is 35.5. The summed E-state index contributed by atoms with van der Waals surface area (Å²) in [6.07, 6.45) is 0. The fourth-order valence-corrected chi connectivity index (χ4v) is 5.90. The highest BCUT2D eigenvalue weighted by molar-refractivity contribution is 7.99. The molecule has 0 aliphatic rings. The van der Waals surface area contributed by atoms with Crippen LogP contribution in [0.5, 0.6) is 0 Å². The molecule has 32 heavy (non-hydrogen) atoms. The molecule has 0 atom stereocenters. The maximum absolute atomic E-state index is 13.1. The Kier molecular flexibility index (Phi) is 10.4. The number of nitrogens with one attached hydrogen (secondary N) is 1. The summed E-state index contributed by atoms with van der Waals surface area (Å²) >= 11 is 13.4. The van der Waals surface area contributed by atoms with Crippen LogP contribution in [-0.4, -0.2) is 37.5 Å². The average molecular weight is 518 g/mol. The molecule has 2 aromatic rings. The van der Waals surface area contributed by atoms with Gasteiger partial charge in [0, 0.05) is 24.5 Å². The monoisotopic (exact) mass is 516 g/mol. The van der Waals surface area contributed by atoms with Gasteiger partial charge >= 0.3 is 0 Å². The quantitative estimate of drug-likeness (QED) is 0.387. The first kappa shape index (κ1) is 27.0. The van der Waals surface area contributed by atoms with Crippen molar-refractivity contribution in [3.63, 3.8) is 0 Å². The van der Waals surface area contributed by atoms with E-state index in [2.05, 4.69) is 5.32 Å². The van der Waals surface area contributed by atoms with Gasteiger partial charge in [-0.15, -0.1) is 11.8 Å². The number of rotatable bonds is 11. The molecule has 0 heterocycles. The van der Waals surface area contributed by atoms with Gasteiger partial charge in [0.2, 0.25) is 15.9 Å². The number of benzene rings is 2. The summed E-state index contributed by atoms with van der Waals surface area (Å²) in [4.78, 5) is 12.5. The van der Waals surface area contributed by atoms with E-state index in [1.807, 2.05) is 33.8 Å². The average Bonchev–Trinajstić information content (AvgIpc) is 2.70. The van der Waals surface area contributed by atoms with E-state index in [0.29, 0.717) is 34.6 Å². The van der Waals surface area contributed by atoms with E-state index in [-0.39, 0.29) is 28.4 Å². The molecule has 0 fully saturated rings. The summed E-state index contributed by atoms with van der Waals surface area (Å²) in [6.45, 7) is 8.94. The molecule has 0 saturated carbocycles. The van der Waals surface area contributed by atoms with Crippen LogP contribution in [0.3, 0.4) is 0 Å². The Morgan fingerprint density at radius 3 is 2.09 bits per heavy atom.